The average molecular weight is 182 g/mol. The summed E-state index contributed by atoms with van der Waals surface area (Å²) in [6.07, 6.45) is 2.86. The number of rotatable bonds is 3. The van der Waals surface area contributed by atoms with Gasteiger partial charge in [-0.15, -0.1) is 0 Å². The van der Waals surface area contributed by atoms with Gasteiger partial charge in [-0.1, -0.05) is 0 Å². The molecule has 0 bridgehead atoms. The van der Waals surface area contributed by atoms with Crippen molar-refractivity contribution in [1.82, 2.24) is 15.3 Å². The van der Waals surface area contributed by atoms with Crippen LogP contribution >= 0.6 is 0 Å². The molecule has 1 heterocycles. The summed E-state index contributed by atoms with van der Waals surface area (Å²) >= 11 is 0. The predicted octanol–water partition coefficient (Wildman–Crippen LogP) is -0.410. The fraction of sp³-hybridized carbons (Fsp3) is 0.286. The van der Waals surface area contributed by atoms with Crippen LogP contribution < -0.4 is 10.6 Å². The van der Waals surface area contributed by atoms with Crippen molar-refractivity contribution in [1.29, 1.82) is 0 Å². The largest absolute Gasteiger partial charge is 0.395 e. The molecule has 0 radical (unpaired) electrons. The number of hydrogen-bond donors (Lipinski definition) is 3. The summed E-state index contributed by atoms with van der Waals surface area (Å²) in [7, 11) is 0. The van der Waals surface area contributed by atoms with Crippen LogP contribution in [0.5, 0.6) is 0 Å². The molecule has 0 aromatic carbocycles. The van der Waals surface area contributed by atoms with E-state index in [1.807, 2.05) is 0 Å². The monoisotopic (exact) mass is 182 g/mol. The molecule has 0 aliphatic carbocycles. The molecule has 0 fully saturated rings. The maximum Gasteiger partial charge on any atom is 0.320 e. The first-order valence-corrected chi connectivity index (χ1v) is 3.74. The van der Waals surface area contributed by atoms with Gasteiger partial charge in [0.25, 0.3) is 0 Å². The molecule has 0 unspecified atom stereocenters. The summed E-state index contributed by atoms with van der Waals surface area (Å²) in [6.45, 7) is 0.133. The standard InChI is InChI=1S/C7H10N4O2/c12-4-3-9-7(13)11-6-1-2-8-5-10-6/h1-2,5,12H,3-4H2,(H2,8,9,10,11,13). The molecule has 0 atom stereocenters. The van der Waals surface area contributed by atoms with E-state index in [1.54, 1.807) is 6.07 Å². The second kappa shape index (κ2) is 5.04. The maximum atomic E-state index is 11.0. The van der Waals surface area contributed by atoms with Crippen molar-refractivity contribution in [3.63, 3.8) is 0 Å². The number of urea groups is 1. The van der Waals surface area contributed by atoms with E-state index in [4.69, 9.17) is 5.11 Å². The van der Waals surface area contributed by atoms with Gasteiger partial charge in [0.05, 0.1) is 6.61 Å². The molecular weight excluding hydrogens is 172 g/mol. The minimum Gasteiger partial charge on any atom is -0.395 e. The zero-order valence-electron chi connectivity index (χ0n) is 6.90. The third-order valence-corrected chi connectivity index (χ3v) is 1.22. The SMILES string of the molecule is O=C(NCCO)Nc1ccncn1. The molecular formula is C7H10N4O2. The quantitative estimate of drug-likeness (QED) is 0.593. The highest BCUT2D eigenvalue weighted by atomic mass is 16.3. The van der Waals surface area contributed by atoms with Gasteiger partial charge in [0.1, 0.15) is 12.1 Å². The molecule has 3 N–H and O–H groups in total. The lowest BCUT2D eigenvalue weighted by molar-refractivity contribution is 0.244. The molecule has 1 rings (SSSR count). The fourth-order valence-corrected chi connectivity index (χ4v) is 0.695. The molecule has 0 aliphatic rings. The number of hydrogen-bond acceptors (Lipinski definition) is 4. The summed E-state index contributed by atoms with van der Waals surface area (Å²) in [6, 6.07) is 1.17. The van der Waals surface area contributed by atoms with E-state index in [9.17, 15) is 4.79 Å². The fourth-order valence-electron chi connectivity index (χ4n) is 0.695. The van der Waals surface area contributed by atoms with Gasteiger partial charge < -0.3 is 10.4 Å². The Morgan fingerprint density at radius 2 is 2.46 bits per heavy atom. The highest BCUT2D eigenvalue weighted by Gasteiger charge is 1.99. The van der Waals surface area contributed by atoms with Gasteiger partial charge in [0.15, 0.2) is 0 Å². The lowest BCUT2D eigenvalue weighted by Gasteiger charge is -2.03. The molecule has 0 aliphatic heterocycles. The van der Waals surface area contributed by atoms with Gasteiger partial charge in [0, 0.05) is 12.7 Å². The average Bonchev–Trinajstić information content (AvgIpc) is 2.16. The van der Waals surface area contributed by atoms with Crippen LogP contribution in [-0.2, 0) is 0 Å². The van der Waals surface area contributed by atoms with Crippen LogP contribution in [0.2, 0.25) is 0 Å². The lowest BCUT2D eigenvalue weighted by Crippen LogP contribution is -2.31. The van der Waals surface area contributed by atoms with Crippen molar-refractivity contribution >= 4 is 11.8 Å². The van der Waals surface area contributed by atoms with Crippen LogP contribution in [0.15, 0.2) is 18.6 Å². The number of aliphatic hydroxyl groups excluding tert-OH is 1. The van der Waals surface area contributed by atoms with Gasteiger partial charge >= 0.3 is 6.03 Å². The van der Waals surface area contributed by atoms with Gasteiger partial charge in [-0.25, -0.2) is 14.8 Å². The van der Waals surface area contributed by atoms with Crippen molar-refractivity contribution < 1.29 is 9.90 Å². The summed E-state index contributed by atoms with van der Waals surface area (Å²) in [5.74, 6) is 0.422. The molecule has 0 saturated heterocycles. The van der Waals surface area contributed by atoms with Crippen molar-refractivity contribution in [3.8, 4) is 0 Å². The molecule has 0 spiro atoms. The molecule has 2 amide bonds. The van der Waals surface area contributed by atoms with E-state index in [-0.39, 0.29) is 13.2 Å². The van der Waals surface area contributed by atoms with Gasteiger partial charge in [-0.3, -0.25) is 5.32 Å². The zero-order chi connectivity index (χ0) is 9.52. The Bertz CT molecular complexity index is 264. The summed E-state index contributed by atoms with van der Waals surface area (Å²) < 4.78 is 0. The number of nitrogens with one attached hydrogen (secondary N) is 2. The van der Waals surface area contributed by atoms with Gasteiger partial charge in [-0.05, 0) is 6.07 Å². The Morgan fingerprint density at radius 3 is 3.08 bits per heavy atom. The number of amides is 2. The van der Waals surface area contributed by atoms with Crippen LogP contribution in [0.25, 0.3) is 0 Å². The summed E-state index contributed by atoms with van der Waals surface area (Å²) in [5.41, 5.74) is 0. The van der Waals surface area contributed by atoms with Gasteiger partial charge in [0.2, 0.25) is 0 Å². The second-order valence-corrected chi connectivity index (χ2v) is 2.20. The Morgan fingerprint density at radius 1 is 1.62 bits per heavy atom. The highest BCUT2D eigenvalue weighted by molar-refractivity contribution is 5.87. The molecule has 0 saturated carbocycles. The van der Waals surface area contributed by atoms with Crippen molar-refractivity contribution in [2.24, 2.45) is 0 Å². The van der Waals surface area contributed by atoms with Crippen molar-refractivity contribution in [2.75, 3.05) is 18.5 Å². The molecule has 1 aromatic heterocycles. The highest BCUT2D eigenvalue weighted by Crippen LogP contribution is 1.96. The Kier molecular flexibility index (Phi) is 3.65. The topological polar surface area (TPSA) is 87.1 Å². The van der Waals surface area contributed by atoms with Crippen molar-refractivity contribution in [2.45, 2.75) is 0 Å². The molecule has 70 valence electrons. The number of aromatic nitrogens is 2. The predicted molar refractivity (Wildman–Crippen MR) is 46.1 cm³/mol. The van der Waals surface area contributed by atoms with Crippen LogP contribution in [0, 0.1) is 0 Å². The van der Waals surface area contributed by atoms with E-state index in [0.29, 0.717) is 5.82 Å². The number of aliphatic hydroxyl groups is 1. The molecule has 13 heavy (non-hydrogen) atoms. The molecule has 1 aromatic rings. The van der Waals surface area contributed by atoms with Crippen molar-refractivity contribution in [3.05, 3.63) is 18.6 Å². The lowest BCUT2D eigenvalue weighted by atomic mass is 10.6. The van der Waals surface area contributed by atoms with E-state index in [2.05, 4.69) is 20.6 Å². The van der Waals surface area contributed by atoms with Crippen LogP contribution in [0.3, 0.4) is 0 Å². The third-order valence-electron chi connectivity index (χ3n) is 1.22. The number of carbonyl (C=O) groups excluding carboxylic acids is 1. The van der Waals surface area contributed by atoms with E-state index in [1.165, 1.54) is 12.5 Å². The zero-order valence-corrected chi connectivity index (χ0v) is 6.90. The first-order chi connectivity index (χ1) is 6.33. The van der Waals surface area contributed by atoms with Gasteiger partial charge in [-0.2, -0.15) is 0 Å². The van der Waals surface area contributed by atoms with Crippen LogP contribution in [0.4, 0.5) is 10.6 Å². The third kappa shape index (κ3) is 3.48. The number of anilines is 1. The normalized spacial score (nSPS) is 9.31. The minimum atomic E-state index is -0.396. The number of carbonyl (C=O) groups is 1. The minimum absolute atomic E-state index is 0.0861. The first kappa shape index (κ1) is 9.40. The molecule has 6 nitrogen and oxygen atoms in total. The summed E-state index contributed by atoms with van der Waals surface area (Å²) in [4.78, 5) is 18.5. The van der Waals surface area contributed by atoms with E-state index in [0.717, 1.165) is 0 Å². The Labute approximate surface area is 75.0 Å². The number of nitrogens with zero attached hydrogens (tertiary/aromatic N) is 2. The molecule has 6 heteroatoms. The smallest absolute Gasteiger partial charge is 0.320 e. The Hall–Kier alpha value is -1.69. The van der Waals surface area contributed by atoms with Crippen LogP contribution in [-0.4, -0.2) is 34.3 Å². The summed E-state index contributed by atoms with van der Waals surface area (Å²) in [5, 5.41) is 13.3. The maximum absolute atomic E-state index is 11.0. The van der Waals surface area contributed by atoms with E-state index >= 15 is 0 Å². The van der Waals surface area contributed by atoms with Crippen LogP contribution in [0.1, 0.15) is 0 Å². The first-order valence-electron chi connectivity index (χ1n) is 3.74. The second-order valence-electron chi connectivity index (χ2n) is 2.20. The van der Waals surface area contributed by atoms with E-state index < -0.39 is 6.03 Å². The Balaban J connectivity index is 2.37.